The van der Waals surface area contributed by atoms with Crippen molar-refractivity contribution in [3.05, 3.63) is 24.3 Å². The Morgan fingerprint density at radius 3 is 1.22 bits per heavy atom. The second kappa shape index (κ2) is 49.9. The number of nitrogens with one attached hydrogen (secondary N) is 1. The van der Waals surface area contributed by atoms with Crippen LogP contribution in [-0.2, 0) is 18.4 Å². The molecular formula is C58H116N2O6P+. The quantitative estimate of drug-likeness (QED) is 0.0243. The molecule has 0 rings (SSSR count). The number of hydrogen-bond donors (Lipinski definition) is 3. The lowest BCUT2D eigenvalue weighted by Gasteiger charge is -2.26. The van der Waals surface area contributed by atoms with Crippen molar-refractivity contribution in [3.8, 4) is 0 Å². The number of phosphoric ester groups is 1. The van der Waals surface area contributed by atoms with E-state index in [4.69, 9.17) is 9.05 Å². The molecule has 8 nitrogen and oxygen atoms in total. The summed E-state index contributed by atoms with van der Waals surface area (Å²) in [5.74, 6) is -0.143. The number of amides is 1. The van der Waals surface area contributed by atoms with E-state index in [2.05, 4.69) is 43.5 Å². The number of aliphatic hydroxyl groups is 1. The Hall–Kier alpha value is -1.02. The van der Waals surface area contributed by atoms with Gasteiger partial charge in [-0.2, -0.15) is 0 Å². The molecule has 1 amide bonds. The summed E-state index contributed by atoms with van der Waals surface area (Å²) in [4.78, 5) is 23.3. The Balaban J connectivity index is 4.13. The van der Waals surface area contributed by atoms with E-state index in [1.807, 2.05) is 21.1 Å². The van der Waals surface area contributed by atoms with Crippen LogP contribution in [0.2, 0.25) is 0 Å². The molecule has 0 heterocycles. The van der Waals surface area contributed by atoms with Crippen LogP contribution in [0.25, 0.3) is 0 Å². The zero-order valence-electron chi connectivity index (χ0n) is 45.4. The van der Waals surface area contributed by atoms with Gasteiger partial charge in [0.05, 0.1) is 39.9 Å². The fourth-order valence-electron chi connectivity index (χ4n) is 8.84. The first-order valence-electron chi connectivity index (χ1n) is 29.2. The molecule has 0 aromatic rings. The van der Waals surface area contributed by atoms with Gasteiger partial charge >= 0.3 is 7.82 Å². The molecule has 0 aliphatic carbocycles. The van der Waals surface area contributed by atoms with Gasteiger partial charge in [-0.15, -0.1) is 0 Å². The number of hydrogen-bond acceptors (Lipinski definition) is 5. The summed E-state index contributed by atoms with van der Waals surface area (Å²) in [6, 6.07) is -0.761. The Morgan fingerprint density at radius 2 is 0.851 bits per heavy atom. The Bertz CT molecular complexity index is 1140. The summed E-state index contributed by atoms with van der Waals surface area (Å²) in [5, 5.41) is 14.1. The standard InChI is InChI=1S/C58H115N2O6P/c1-6-8-10-12-14-16-18-20-22-24-26-27-28-29-30-31-32-33-34-36-38-40-42-44-46-48-50-52-58(62)59-56(55-66-67(63,64)65-54-53-60(3,4)5)57(61)51-49-47-45-43-41-39-37-35-25-23-21-19-17-15-13-11-9-7-2/h26-27,29-30,56-57,61H,6-25,28,31-55H2,1-5H3,(H-,59,62,63,64)/p+1/b27-26-,30-29-. The molecule has 398 valence electrons. The van der Waals surface area contributed by atoms with Gasteiger partial charge < -0.3 is 19.8 Å². The van der Waals surface area contributed by atoms with Gasteiger partial charge in [-0.3, -0.25) is 13.8 Å². The molecule has 0 bridgehead atoms. The van der Waals surface area contributed by atoms with E-state index in [1.165, 1.54) is 218 Å². The molecule has 0 aromatic heterocycles. The third-order valence-electron chi connectivity index (χ3n) is 13.5. The fourth-order valence-corrected chi connectivity index (χ4v) is 9.58. The summed E-state index contributed by atoms with van der Waals surface area (Å²) in [7, 11) is 1.62. The molecule has 0 fully saturated rings. The molecule has 0 aliphatic rings. The largest absolute Gasteiger partial charge is 0.472 e. The van der Waals surface area contributed by atoms with E-state index in [0.717, 1.165) is 44.9 Å². The van der Waals surface area contributed by atoms with Crippen LogP contribution in [0.4, 0.5) is 0 Å². The van der Waals surface area contributed by atoms with Crippen LogP contribution in [0, 0.1) is 0 Å². The van der Waals surface area contributed by atoms with E-state index in [1.54, 1.807) is 0 Å². The second-order valence-electron chi connectivity index (χ2n) is 21.4. The molecule has 3 unspecified atom stereocenters. The van der Waals surface area contributed by atoms with E-state index in [9.17, 15) is 19.4 Å². The van der Waals surface area contributed by atoms with E-state index in [-0.39, 0.29) is 19.1 Å². The van der Waals surface area contributed by atoms with Crippen molar-refractivity contribution >= 4 is 13.7 Å². The van der Waals surface area contributed by atoms with Crippen LogP contribution in [0.15, 0.2) is 24.3 Å². The first-order chi connectivity index (χ1) is 32.5. The monoisotopic (exact) mass is 968 g/mol. The third-order valence-corrected chi connectivity index (χ3v) is 14.4. The lowest BCUT2D eigenvalue weighted by Crippen LogP contribution is -2.46. The zero-order chi connectivity index (χ0) is 49.2. The van der Waals surface area contributed by atoms with Crippen molar-refractivity contribution < 1.29 is 32.9 Å². The predicted molar refractivity (Wildman–Crippen MR) is 291 cm³/mol. The number of quaternary nitrogens is 1. The number of nitrogens with zero attached hydrogens (tertiary/aromatic N) is 1. The van der Waals surface area contributed by atoms with Gasteiger partial charge in [0.25, 0.3) is 0 Å². The highest BCUT2D eigenvalue weighted by Gasteiger charge is 2.28. The van der Waals surface area contributed by atoms with Crippen LogP contribution in [0.3, 0.4) is 0 Å². The second-order valence-corrected chi connectivity index (χ2v) is 22.8. The number of phosphoric acid groups is 1. The van der Waals surface area contributed by atoms with Gasteiger partial charge in [0.15, 0.2) is 0 Å². The first-order valence-corrected chi connectivity index (χ1v) is 30.7. The number of carbonyl (C=O) groups excluding carboxylic acids is 1. The van der Waals surface area contributed by atoms with Crippen molar-refractivity contribution in [2.75, 3.05) is 40.9 Å². The fraction of sp³-hybridized carbons (Fsp3) is 0.914. The van der Waals surface area contributed by atoms with Crippen LogP contribution >= 0.6 is 7.82 Å². The minimum atomic E-state index is -4.32. The average Bonchev–Trinajstić information content (AvgIpc) is 3.29. The van der Waals surface area contributed by atoms with Gasteiger partial charge in [0, 0.05) is 6.42 Å². The highest BCUT2D eigenvalue weighted by atomic mass is 31.2. The first kappa shape index (κ1) is 66.0. The predicted octanol–water partition coefficient (Wildman–Crippen LogP) is 17.6. The van der Waals surface area contributed by atoms with Crippen molar-refractivity contribution in [2.24, 2.45) is 0 Å². The number of aliphatic hydroxyl groups excluding tert-OH is 1. The summed E-state index contributed by atoms with van der Waals surface area (Å²) in [6.07, 6.45) is 62.3. The van der Waals surface area contributed by atoms with Gasteiger partial charge in [0.2, 0.25) is 5.91 Å². The molecule has 9 heteroatoms. The Labute approximate surface area is 417 Å². The molecular weight excluding hydrogens is 852 g/mol. The molecule has 3 N–H and O–H groups in total. The zero-order valence-corrected chi connectivity index (χ0v) is 46.3. The molecule has 3 atom stereocenters. The van der Waals surface area contributed by atoms with Crippen LogP contribution < -0.4 is 5.32 Å². The molecule has 67 heavy (non-hydrogen) atoms. The van der Waals surface area contributed by atoms with E-state index >= 15 is 0 Å². The normalized spacial score (nSPS) is 14.1. The van der Waals surface area contributed by atoms with Crippen molar-refractivity contribution in [3.63, 3.8) is 0 Å². The molecule has 0 saturated carbocycles. The number of likely N-dealkylation sites (N-methyl/N-ethyl adjacent to an activating group) is 1. The SMILES string of the molecule is CCCCCCCCCCC/C=C\C/C=C\CCCCCCCCCCCCCC(=O)NC(COP(=O)(O)OCC[N+](C)(C)C)C(O)CCCCCCCCCCCCCCCCCCCC. The smallest absolute Gasteiger partial charge is 0.391 e. The summed E-state index contributed by atoms with van der Waals surface area (Å²) < 4.78 is 23.8. The van der Waals surface area contributed by atoms with Crippen LogP contribution in [0.5, 0.6) is 0 Å². The minimum Gasteiger partial charge on any atom is -0.391 e. The Morgan fingerprint density at radius 1 is 0.507 bits per heavy atom. The highest BCUT2D eigenvalue weighted by molar-refractivity contribution is 7.47. The molecule has 0 aromatic carbocycles. The summed E-state index contributed by atoms with van der Waals surface area (Å²) in [6.45, 7) is 4.92. The van der Waals surface area contributed by atoms with Gasteiger partial charge in [-0.1, -0.05) is 263 Å². The summed E-state index contributed by atoms with van der Waals surface area (Å²) in [5.41, 5.74) is 0. The van der Waals surface area contributed by atoms with Crippen LogP contribution in [0.1, 0.15) is 290 Å². The molecule has 0 spiro atoms. The van der Waals surface area contributed by atoms with Gasteiger partial charge in [-0.05, 0) is 44.9 Å². The van der Waals surface area contributed by atoms with Gasteiger partial charge in [-0.25, -0.2) is 4.57 Å². The maximum absolute atomic E-state index is 13.0. The molecule has 0 aliphatic heterocycles. The minimum absolute atomic E-state index is 0.0756. The number of unbranched alkanes of at least 4 members (excludes halogenated alkanes) is 37. The summed E-state index contributed by atoms with van der Waals surface area (Å²) >= 11 is 0. The van der Waals surface area contributed by atoms with E-state index in [0.29, 0.717) is 23.9 Å². The van der Waals surface area contributed by atoms with Crippen LogP contribution in [-0.4, -0.2) is 73.4 Å². The van der Waals surface area contributed by atoms with Gasteiger partial charge in [0.1, 0.15) is 13.2 Å². The Kier molecular flexibility index (Phi) is 49.2. The lowest BCUT2D eigenvalue weighted by atomic mass is 10.0. The van der Waals surface area contributed by atoms with Crippen molar-refractivity contribution in [2.45, 2.75) is 302 Å². The topological polar surface area (TPSA) is 105 Å². The number of rotatable bonds is 54. The maximum atomic E-state index is 13.0. The molecule has 0 saturated heterocycles. The average molecular weight is 969 g/mol. The maximum Gasteiger partial charge on any atom is 0.472 e. The third kappa shape index (κ3) is 52.6. The molecule has 0 radical (unpaired) electrons. The van der Waals surface area contributed by atoms with Crippen molar-refractivity contribution in [1.82, 2.24) is 5.32 Å². The van der Waals surface area contributed by atoms with Crippen molar-refractivity contribution in [1.29, 1.82) is 0 Å². The highest BCUT2D eigenvalue weighted by Crippen LogP contribution is 2.43. The number of carbonyl (C=O) groups is 1. The lowest BCUT2D eigenvalue weighted by molar-refractivity contribution is -0.870. The number of allylic oxidation sites excluding steroid dienone is 4. The van der Waals surface area contributed by atoms with E-state index < -0.39 is 20.0 Å².